The Bertz CT molecular complexity index is 207. The molecule has 4 heteroatoms. The summed E-state index contributed by atoms with van der Waals surface area (Å²) in [6.45, 7) is 2.71. The van der Waals surface area contributed by atoms with Gasteiger partial charge in [-0.05, 0) is 38.8 Å². The van der Waals surface area contributed by atoms with E-state index >= 15 is 0 Å². The minimum Gasteiger partial charge on any atom is -0.394 e. The number of aliphatic hydroxyl groups excluding tert-OH is 2. The second-order valence-electron chi connectivity index (χ2n) is 5.10. The Kier molecular flexibility index (Phi) is 4.58. The van der Waals surface area contributed by atoms with Crippen LogP contribution in [0.25, 0.3) is 0 Å². The van der Waals surface area contributed by atoms with Gasteiger partial charge in [0.15, 0.2) is 0 Å². The molecule has 3 atom stereocenters. The molecule has 94 valence electrons. The zero-order chi connectivity index (χ0) is 11.4. The molecule has 3 unspecified atom stereocenters. The summed E-state index contributed by atoms with van der Waals surface area (Å²) >= 11 is 0. The molecule has 2 aliphatic rings. The summed E-state index contributed by atoms with van der Waals surface area (Å²) in [6.07, 6.45) is 5.71. The topological polar surface area (TPSA) is 55.7 Å². The molecule has 2 saturated heterocycles. The van der Waals surface area contributed by atoms with Crippen molar-refractivity contribution in [1.82, 2.24) is 10.2 Å². The Hall–Kier alpha value is -0.160. The van der Waals surface area contributed by atoms with Crippen LogP contribution in [0.1, 0.15) is 32.1 Å². The number of hydrogen-bond donors (Lipinski definition) is 3. The van der Waals surface area contributed by atoms with E-state index in [0.717, 1.165) is 13.1 Å². The number of likely N-dealkylation sites (tertiary alicyclic amines) is 1. The van der Waals surface area contributed by atoms with Gasteiger partial charge in [-0.3, -0.25) is 4.90 Å². The summed E-state index contributed by atoms with van der Waals surface area (Å²) in [5.74, 6) is 0. The van der Waals surface area contributed by atoms with E-state index in [1.54, 1.807) is 0 Å². The van der Waals surface area contributed by atoms with Crippen LogP contribution >= 0.6 is 0 Å². The number of nitrogens with one attached hydrogen (secondary N) is 1. The number of nitrogens with zero attached hydrogens (tertiary/aromatic N) is 1. The monoisotopic (exact) mass is 228 g/mol. The van der Waals surface area contributed by atoms with Crippen LogP contribution < -0.4 is 5.32 Å². The molecule has 0 amide bonds. The van der Waals surface area contributed by atoms with Crippen LogP contribution in [0.2, 0.25) is 0 Å². The van der Waals surface area contributed by atoms with Crippen LogP contribution in [0.4, 0.5) is 0 Å². The van der Waals surface area contributed by atoms with Gasteiger partial charge in [0.1, 0.15) is 0 Å². The van der Waals surface area contributed by atoms with Crippen molar-refractivity contribution in [3.8, 4) is 0 Å². The van der Waals surface area contributed by atoms with Gasteiger partial charge in [0.2, 0.25) is 0 Å². The summed E-state index contributed by atoms with van der Waals surface area (Å²) in [7, 11) is 0. The number of hydrogen-bond acceptors (Lipinski definition) is 4. The fourth-order valence-corrected chi connectivity index (χ4v) is 3.07. The van der Waals surface area contributed by atoms with Crippen molar-refractivity contribution >= 4 is 0 Å². The second-order valence-corrected chi connectivity index (χ2v) is 5.10. The molecule has 4 nitrogen and oxygen atoms in total. The fraction of sp³-hybridized carbons (Fsp3) is 1.00. The number of aliphatic hydroxyl groups is 2. The molecule has 0 bridgehead atoms. The maximum absolute atomic E-state index is 9.56. The van der Waals surface area contributed by atoms with Crippen LogP contribution in [0.15, 0.2) is 0 Å². The molecule has 0 aromatic rings. The summed E-state index contributed by atoms with van der Waals surface area (Å²) < 4.78 is 0. The number of rotatable bonds is 4. The molecular weight excluding hydrogens is 204 g/mol. The zero-order valence-corrected chi connectivity index (χ0v) is 9.94. The van der Waals surface area contributed by atoms with Crippen molar-refractivity contribution in [2.75, 3.05) is 26.2 Å². The minimum atomic E-state index is -0.581. The molecule has 0 radical (unpaired) electrons. The highest BCUT2D eigenvalue weighted by Gasteiger charge is 2.32. The minimum absolute atomic E-state index is 0.124. The molecule has 0 saturated carbocycles. The van der Waals surface area contributed by atoms with Crippen molar-refractivity contribution in [1.29, 1.82) is 0 Å². The molecule has 0 spiro atoms. The van der Waals surface area contributed by atoms with Crippen molar-refractivity contribution in [3.05, 3.63) is 0 Å². The summed E-state index contributed by atoms with van der Waals surface area (Å²) in [6, 6.07) is 1.17. The third kappa shape index (κ3) is 2.94. The average molecular weight is 228 g/mol. The van der Waals surface area contributed by atoms with Crippen molar-refractivity contribution < 1.29 is 10.2 Å². The molecule has 0 aromatic carbocycles. The van der Waals surface area contributed by atoms with Gasteiger partial charge < -0.3 is 15.5 Å². The highest BCUT2D eigenvalue weighted by Crippen LogP contribution is 2.24. The number of β-amino-alcohol motifs (C(OH)–C–C–N with tert-alkyl or cyclic N) is 1. The number of piperidine rings is 1. The van der Waals surface area contributed by atoms with Gasteiger partial charge in [0, 0.05) is 18.6 Å². The van der Waals surface area contributed by atoms with E-state index in [1.165, 1.54) is 32.1 Å². The Morgan fingerprint density at radius 1 is 1.25 bits per heavy atom. The van der Waals surface area contributed by atoms with Gasteiger partial charge in [-0.1, -0.05) is 6.42 Å². The zero-order valence-electron chi connectivity index (χ0n) is 9.94. The van der Waals surface area contributed by atoms with Gasteiger partial charge >= 0.3 is 0 Å². The molecule has 2 rings (SSSR count). The standard InChI is InChI=1S/C12H24N2O2/c15-9-10(16)8-14-7-2-1-5-12(14)11-4-3-6-13-11/h10-13,15-16H,1-9H2. The van der Waals surface area contributed by atoms with E-state index in [0.29, 0.717) is 18.6 Å². The van der Waals surface area contributed by atoms with Gasteiger partial charge in [-0.25, -0.2) is 0 Å². The summed E-state index contributed by atoms with van der Waals surface area (Å²) in [5, 5.41) is 22.0. The van der Waals surface area contributed by atoms with E-state index in [-0.39, 0.29) is 6.61 Å². The molecule has 0 aromatic heterocycles. The van der Waals surface area contributed by atoms with E-state index in [1.807, 2.05) is 0 Å². The summed E-state index contributed by atoms with van der Waals surface area (Å²) in [5.41, 5.74) is 0. The summed E-state index contributed by atoms with van der Waals surface area (Å²) in [4.78, 5) is 2.37. The van der Waals surface area contributed by atoms with Crippen molar-refractivity contribution in [2.24, 2.45) is 0 Å². The van der Waals surface area contributed by atoms with Crippen LogP contribution in [0.5, 0.6) is 0 Å². The first-order valence-corrected chi connectivity index (χ1v) is 6.57. The lowest BCUT2D eigenvalue weighted by atomic mass is 9.94. The van der Waals surface area contributed by atoms with E-state index in [9.17, 15) is 5.11 Å². The maximum Gasteiger partial charge on any atom is 0.0897 e. The van der Waals surface area contributed by atoms with Crippen LogP contribution in [0.3, 0.4) is 0 Å². The highest BCUT2D eigenvalue weighted by atomic mass is 16.3. The van der Waals surface area contributed by atoms with Gasteiger partial charge in [-0.15, -0.1) is 0 Å². The second kappa shape index (κ2) is 5.96. The van der Waals surface area contributed by atoms with Crippen molar-refractivity contribution in [2.45, 2.75) is 50.3 Å². The normalized spacial score (nSPS) is 34.1. The fourth-order valence-electron chi connectivity index (χ4n) is 3.07. The first kappa shape index (κ1) is 12.3. The van der Waals surface area contributed by atoms with Gasteiger partial charge in [-0.2, -0.15) is 0 Å². The third-order valence-corrected chi connectivity index (χ3v) is 3.88. The molecule has 2 aliphatic heterocycles. The van der Waals surface area contributed by atoms with Crippen molar-refractivity contribution in [3.63, 3.8) is 0 Å². The van der Waals surface area contributed by atoms with Gasteiger partial charge in [0.05, 0.1) is 12.7 Å². The predicted molar refractivity (Wildman–Crippen MR) is 63.3 cm³/mol. The quantitative estimate of drug-likeness (QED) is 0.631. The van der Waals surface area contributed by atoms with Crippen LogP contribution in [0, 0.1) is 0 Å². The Morgan fingerprint density at radius 2 is 2.12 bits per heavy atom. The Balaban J connectivity index is 1.90. The highest BCUT2D eigenvalue weighted by molar-refractivity contribution is 4.91. The molecule has 16 heavy (non-hydrogen) atoms. The van der Waals surface area contributed by atoms with Crippen LogP contribution in [-0.4, -0.2) is 59.5 Å². The molecule has 2 heterocycles. The van der Waals surface area contributed by atoms with E-state index in [4.69, 9.17) is 5.11 Å². The molecular formula is C12H24N2O2. The predicted octanol–water partition coefficient (Wildman–Crippen LogP) is -0.0539. The van der Waals surface area contributed by atoms with E-state index in [2.05, 4.69) is 10.2 Å². The first-order chi connectivity index (χ1) is 7.81. The Labute approximate surface area is 97.6 Å². The smallest absolute Gasteiger partial charge is 0.0897 e. The average Bonchev–Trinajstić information content (AvgIpc) is 2.83. The first-order valence-electron chi connectivity index (χ1n) is 6.57. The SMILES string of the molecule is OCC(O)CN1CCCCC1C1CCCN1. The van der Waals surface area contributed by atoms with E-state index < -0.39 is 6.10 Å². The molecule has 3 N–H and O–H groups in total. The maximum atomic E-state index is 9.56. The Morgan fingerprint density at radius 3 is 2.81 bits per heavy atom. The van der Waals surface area contributed by atoms with Gasteiger partial charge in [0.25, 0.3) is 0 Å². The molecule has 2 fully saturated rings. The largest absolute Gasteiger partial charge is 0.394 e. The lowest BCUT2D eigenvalue weighted by Gasteiger charge is -2.40. The molecule has 0 aliphatic carbocycles. The lowest BCUT2D eigenvalue weighted by molar-refractivity contribution is 0.0255. The van der Waals surface area contributed by atoms with Crippen LogP contribution in [-0.2, 0) is 0 Å². The lowest BCUT2D eigenvalue weighted by Crippen LogP contribution is -2.52. The third-order valence-electron chi connectivity index (χ3n) is 3.88.